The van der Waals surface area contributed by atoms with Crippen molar-refractivity contribution in [2.75, 3.05) is 13.1 Å². The molecule has 0 spiro atoms. The van der Waals surface area contributed by atoms with Crippen LogP contribution in [0.2, 0.25) is 0 Å². The first-order valence-electron chi connectivity index (χ1n) is 8.02. The Morgan fingerprint density at radius 1 is 1.50 bits per heavy atom. The van der Waals surface area contributed by atoms with Crippen molar-refractivity contribution in [1.82, 2.24) is 21.2 Å². The lowest BCUT2D eigenvalue weighted by molar-refractivity contribution is -0.132. The average Bonchev–Trinajstić information content (AvgIpc) is 3.19. The molecule has 0 bridgehead atoms. The molecule has 3 N–H and O–H groups in total. The number of hydrazine groups is 1. The van der Waals surface area contributed by atoms with Crippen LogP contribution in [0, 0.1) is 5.92 Å². The summed E-state index contributed by atoms with van der Waals surface area (Å²) >= 11 is 0. The van der Waals surface area contributed by atoms with Gasteiger partial charge in [0.15, 0.2) is 0 Å². The molecule has 3 heterocycles. The van der Waals surface area contributed by atoms with Crippen LogP contribution in [0.3, 0.4) is 0 Å². The second-order valence-electron chi connectivity index (χ2n) is 6.22. The molecule has 0 radical (unpaired) electrons. The van der Waals surface area contributed by atoms with Gasteiger partial charge in [-0.25, -0.2) is 5.01 Å². The SMILES string of the molecule is CCN1NCC(C2=NOC(C(=O)NC3CC(C)ON3)C2)C1C. The fraction of sp³-hybridized carbons (Fsp3) is 0.857. The van der Waals surface area contributed by atoms with Crippen molar-refractivity contribution in [1.29, 1.82) is 0 Å². The third-order valence-corrected chi connectivity index (χ3v) is 4.64. The number of hydrogen-bond donors (Lipinski definition) is 3. The number of nitrogens with zero attached hydrogens (tertiary/aromatic N) is 2. The number of hydrogen-bond acceptors (Lipinski definition) is 7. The summed E-state index contributed by atoms with van der Waals surface area (Å²) in [6.45, 7) is 8.04. The quantitative estimate of drug-likeness (QED) is 0.663. The molecule has 1 amide bonds. The van der Waals surface area contributed by atoms with Crippen LogP contribution in [0.25, 0.3) is 0 Å². The highest BCUT2D eigenvalue weighted by Crippen LogP contribution is 2.24. The maximum absolute atomic E-state index is 12.2. The Morgan fingerprint density at radius 2 is 2.32 bits per heavy atom. The molecular weight excluding hydrogens is 286 g/mol. The van der Waals surface area contributed by atoms with Gasteiger partial charge in [-0.3, -0.25) is 15.1 Å². The predicted molar refractivity (Wildman–Crippen MR) is 80.5 cm³/mol. The van der Waals surface area contributed by atoms with Gasteiger partial charge in [-0.05, 0) is 13.8 Å². The normalized spacial score (nSPS) is 38.9. The van der Waals surface area contributed by atoms with E-state index < -0.39 is 6.10 Å². The first-order valence-corrected chi connectivity index (χ1v) is 8.02. The lowest BCUT2D eigenvalue weighted by atomic mass is 9.93. The molecular formula is C14H25N5O3. The maximum atomic E-state index is 12.2. The van der Waals surface area contributed by atoms with Crippen molar-refractivity contribution in [3.05, 3.63) is 0 Å². The van der Waals surface area contributed by atoms with E-state index in [1.807, 2.05) is 6.92 Å². The number of carbonyl (C=O) groups is 1. The first-order chi connectivity index (χ1) is 10.6. The minimum Gasteiger partial charge on any atom is -0.382 e. The Hall–Kier alpha value is -1.22. The van der Waals surface area contributed by atoms with Gasteiger partial charge in [0.1, 0.15) is 6.17 Å². The Balaban J connectivity index is 1.50. The zero-order valence-corrected chi connectivity index (χ0v) is 13.3. The highest BCUT2D eigenvalue weighted by atomic mass is 16.7. The summed E-state index contributed by atoms with van der Waals surface area (Å²) in [4.78, 5) is 22.8. The first kappa shape index (κ1) is 15.7. The van der Waals surface area contributed by atoms with E-state index in [4.69, 9.17) is 9.68 Å². The lowest BCUT2D eigenvalue weighted by Crippen LogP contribution is -2.46. The molecule has 2 saturated heterocycles. The molecule has 0 saturated carbocycles. The van der Waals surface area contributed by atoms with Crippen molar-refractivity contribution in [3.8, 4) is 0 Å². The van der Waals surface area contributed by atoms with Crippen molar-refractivity contribution >= 4 is 11.6 Å². The Morgan fingerprint density at radius 3 is 2.95 bits per heavy atom. The van der Waals surface area contributed by atoms with Gasteiger partial charge < -0.3 is 10.2 Å². The number of rotatable bonds is 4. The third-order valence-electron chi connectivity index (χ3n) is 4.64. The van der Waals surface area contributed by atoms with Crippen LogP contribution >= 0.6 is 0 Å². The molecule has 0 aliphatic carbocycles. The lowest BCUT2D eigenvalue weighted by Gasteiger charge is -2.21. The summed E-state index contributed by atoms with van der Waals surface area (Å²) < 4.78 is 0. The van der Waals surface area contributed by atoms with E-state index in [-0.39, 0.29) is 18.2 Å². The molecule has 124 valence electrons. The van der Waals surface area contributed by atoms with Gasteiger partial charge in [0.25, 0.3) is 5.91 Å². The van der Waals surface area contributed by atoms with E-state index in [1.54, 1.807) is 0 Å². The summed E-state index contributed by atoms with van der Waals surface area (Å²) in [6, 6.07) is 0.361. The van der Waals surface area contributed by atoms with Crippen LogP contribution in [-0.4, -0.2) is 54.1 Å². The number of carbonyl (C=O) groups excluding carboxylic acids is 1. The molecule has 3 aliphatic heterocycles. The number of hydroxylamine groups is 1. The number of nitrogens with one attached hydrogen (secondary N) is 3. The number of amides is 1. The summed E-state index contributed by atoms with van der Waals surface area (Å²) in [7, 11) is 0. The van der Waals surface area contributed by atoms with Gasteiger partial charge in [0.05, 0.1) is 11.8 Å². The fourth-order valence-corrected chi connectivity index (χ4v) is 3.28. The van der Waals surface area contributed by atoms with Crippen molar-refractivity contribution in [3.63, 3.8) is 0 Å². The van der Waals surface area contributed by atoms with E-state index in [9.17, 15) is 4.79 Å². The standard InChI is InChI=1S/C14H25N5O3/c1-4-19-9(3)10(7-15-19)11-6-12(22-17-11)14(20)16-13-5-8(2)21-18-13/h8-10,12-13,15,18H,4-7H2,1-3H3,(H,16,20). The van der Waals surface area contributed by atoms with Crippen LogP contribution in [0.1, 0.15) is 33.6 Å². The molecule has 0 aromatic rings. The van der Waals surface area contributed by atoms with Gasteiger partial charge in [0.2, 0.25) is 6.10 Å². The molecule has 3 rings (SSSR count). The zero-order chi connectivity index (χ0) is 15.7. The smallest absolute Gasteiger partial charge is 0.265 e. The summed E-state index contributed by atoms with van der Waals surface area (Å²) in [6.07, 6.45) is 0.727. The summed E-state index contributed by atoms with van der Waals surface area (Å²) in [5.41, 5.74) is 7.14. The summed E-state index contributed by atoms with van der Waals surface area (Å²) in [5.74, 6) is 0.158. The van der Waals surface area contributed by atoms with E-state index in [0.29, 0.717) is 18.4 Å². The van der Waals surface area contributed by atoms with Crippen LogP contribution < -0.4 is 16.2 Å². The van der Waals surface area contributed by atoms with Crippen LogP contribution in [0.5, 0.6) is 0 Å². The minimum absolute atomic E-state index is 0.104. The second-order valence-corrected chi connectivity index (χ2v) is 6.22. The zero-order valence-electron chi connectivity index (χ0n) is 13.3. The molecule has 8 nitrogen and oxygen atoms in total. The minimum atomic E-state index is -0.532. The monoisotopic (exact) mass is 311 g/mol. The highest BCUT2D eigenvalue weighted by Gasteiger charge is 2.39. The second kappa shape index (κ2) is 6.49. The average molecular weight is 311 g/mol. The van der Waals surface area contributed by atoms with Crippen molar-refractivity contribution < 1.29 is 14.5 Å². The van der Waals surface area contributed by atoms with E-state index in [0.717, 1.165) is 25.2 Å². The fourth-order valence-electron chi connectivity index (χ4n) is 3.28. The van der Waals surface area contributed by atoms with Gasteiger partial charge >= 0.3 is 0 Å². The molecule has 5 unspecified atom stereocenters. The van der Waals surface area contributed by atoms with Gasteiger partial charge in [0, 0.05) is 37.9 Å². The van der Waals surface area contributed by atoms with E-state index >= 15 is 0 Å². The van der Waals surface area contributed by atoms with Crippen molar-refractivity contribution in [2.45, 2.75) is 58.0 Å². The van der Waals surface area contributed by atoms with Gasteiger partial charge in [-0.1, -0.05) is 12.1 Å². The van der Waals surface area contributed by atoms with E-state index in [2.05, 4.69) is 40.2 Å². The highest BCUT2D eigenvalue weighted by molar-refractivity contribution is 5.94. The molecule has 0 aromatic heterocycles. The number of oxime groups is 1. The van der Waals surface area contributed by atoms with Crippen molar-refractivity contribution in [2.24, 2.45) is 11.1 Å². The summed E-state index contributed by atoms with van der Waals surface area (Å²) in [5, 5.41) is 9.26. The van der Waals surface area contributed by atoms with Gasteiger partial charge in [-0.15, -0.1) is 0 Å². The van der Waals surface area contributed by atoms with Crippen LogP contribution in [-0.2, 0) is 14.5 Å². The van der Waals surface area contributed by atoms with E-state index in [1.165, 1.54) is 0 Å². The molecule has 0 aromatic carbocycles. The maximum Gasteiger partial charge on any atom is 0.265 e. The van der Waals surface area contributed by atoms with Crippen LogP contribution in [0.15, 0.2) is 5.16 Å². The molecule has 3 aliphatic rings. The topological polar surface area (TPSA) is 87.2 Å². The molecule has 22 heavy (non-hydrogen) atoms. The predicted octanol–water partition coefficient (Wildman–Crippen LogP) is -0.268. The molecule has 8 heteroatoms. The Bertz CT molecular complexity index is 458. The molecule has 5 atom stereocenters. The Kier molecular flexibility index (Phi) is 4.62. The Labute approximate surface area is 130 Å². The third kappa shape index (κ3) is 3.10. The van der Waals surface area contributed by atoms with Gasteiger partial charge in [-0.2, -0.15) is 5.48 Å². The van der Waals surface area contributed by atoms with Crippen LogP contribution in [0.4, 0.5) is 0 Å². The largest absolute Gasteiger partial charge is 0.382 e. The molecule has 2 fully saturated rings.